The minimum absolute atomic E-state index is 0.0558. The number of diazo groups is 1. The molecule has 0 fully saturated rings. The van der Waals surface area contributed by atoms with Crippen LogP contribution in [0.3, 0.4) is 0 Å². The summed E-state index contributed by atoms with van der Waals surface area (Å²) in [4.78, 5) is 1.40. The summed E-state index contributed by atoms with van der Waals surface area (Å²) in [6.07, 6.45) is -4.56. The molecule has 0 unspecified atom stereocenters. The van der Waals surface area contributed by atoms with Gasteiger partial charge in [-0.2, -0.15) is 13.2 Å². The van der Waals surface area contributed by atoms with Crippen LogP contribution >= 0.6 is 11.6 Å². The molecule has 3 rings (SSSR count). The zero-order valence-electron chi connectivity index (χ0n) is 14.9. The summed E-state index contributed by atoms with van der Waals surface area (Å²) in [7, 11) is -9.48. The van der Waals surface area contributed by atoms with Crippen molar-refractivity contribution in [2.45, 2.75) is 16.0 Å². The van der Waals surface area contributed by atoms with Gasteiger partial charge in [-0.05, 0) is 24.3 Å². The van der Waals surface area contributed by atoms with Gasteiger partial charge >= 0.3 is 11.9 Å². The standard InChI is InChI=1S/C10H8O6S2.C7H3ClF3N2/c11-17(12,13)9-5-1-3-7-8(9)4-2-6-10(7)18(14,15)16;8-4-1-2-6(13-12)5(3-4)7(9,10)11/h1-6H,(H,11,12,13)(H,14,15,16);1-3H/q;+1/p-2. The van der Waals surface area contributed by atoms with E-state index in [9.17, 15) is 39.1 Å². The largest absolute Gasteiger partial charge is 0.744 e. The van der Waals surface area contributed by atoms with Crippen molar-refractivity contribution >= 4 is 48.3 Å². The molecule has 0 aliphatic rings. The molecule has 0 atom stereocenters. The summed E-state index contributed by atoms with van der Waals surface area (Å²) in [5, 5.41) is 8.04. The second-order valence-electron chi connectivity index (χ2n) is 5.77. The lowest BCUT2D eigenvalue weighted by Gasteiger charge is -2.14. The number of nitrogens with zero attached hydrogens (tertiary/aromatic N) is 2. The van der Waals surface area contributed by atoms with Crippen LogP contribution in [0.4, 0.5) is 18.9 Å². The number of fused-ring (bicyclic) bond motifs is 1. The molecule has 8 nitrogen and oxygen atoms in total. The van der Waals surface area contributed by atoms with Crippen molar-refractivity contribution < 1.29 is 39.1 Å². The van der Waals surface area contributed by atoms with Crippen molar-refractivity contribution in [2.24, 2.45) is 0 Å². The molecule has 3 aromatic carbocycles. The molecule has 0 aliphatic carbocycles. The molecule has 0 bridgehead atoms. The average Bonchev–Trinajstić information content (AvgIpc) is 2.65. The van der Waals surface area contributed by atoms with Crippen LogP contribution in [-0.4, -0.2) is 25.9 Å². The van der Waals surface area contributed by atoms with E-state index in [1.54, 1.807) is 0 Å². The summed E-state index contributed by atoms with van der Waals surface area (Å²) in [6.45, 7) is 0. The Morgan fingerprint density at radius 1 is 0.839 bits per heavy atom. The van der Waals surface area contributed by atoms with Crippen molar-refractivity contribution in [3.8, 4) is 0 Å². The highest BCUT2D eigenvalue weighted by Crippen LogP contribution is 2.37. The maximum atomic E-state index is 12.2. The van der Waals surface area contributed by atoms with Crippen molar-refractivity contribution in [2.75, 3.05) is 0 Å². The Hall–Kier alpha value is -2.76. The maximum absolute atomic E-state index is 12.2. The molecule has 0 N–H and O–H groups in total. The van der Waals surface area contributed by atoms with E-state index in [0.717, 1.165) is 18.2 Å². The third kappa shape index (κ3) is 5.90. The van der Waals surface area contributed by atoms with Gasteiger partial charge in [-0.25, -0.2) is 16.8 Å². The van der Waals surface area contributed by atoms with Gasteiger partial charge in [-0.1, -0.05) is 35.9 Å². The number of alkyl halides is 3. The third-order valence-corrected chi connectivity index (χ3v) is 5.78. The first kappa shape index (κ1) is 24.5. The zero-order valence-corrected chi connectivity index (χ0v) is 17.3. The van der Waals surface area contributed by atoms with Gasteiger partial charge in [0.1, 0.15) is 20.2 Å². The monoisotopic (exact) mass is 493 g/mol. The molecule has 14 heteroatoms. The average molecular weight is 494 g/mol. The smallest absolute Gasteiger partial charge is 0.424 e. The van der Waals surface area contributed by atoms with E-state index in [4.69, 9.17) is 17.0 Å². The Labute approximate surface area is 179 Å². The lowest BCUT2D eigenvalue weighted by molar-refractivity contribution is -0.136. The van der Waals surface area contributed by atoms with Gasteiger partial charge in [0.05, 0.1) is 9.79 Å². The number of hydrogen-bond donors (Lipinski definition) is 0. The van der Waals surface area contributed by atoms with Gasteiger partial charge in [0, 0.05) is 21.9 Å². The first-order valence-electron chi connectivity index (χ1n) is 7.81. The summed E-state index contributed by atoms with van der Waals surface area (Å²) >= 11 is 5.36. The molecule has 0 aromatic heterocycles. The number of rotatable bonds is 2. The first-order chi connectivity index (χ1) is 14.2. The van der Waals surface area contributed by atoms with E-state index in [2.05, 4.69) is 4.98 Å². The van der Waals surface area contributed by atoms with E-state index in [1.165, 1.54) is 30.3 Å². The van der Waals surface area contributed by atoms with Crippen LogP contribution in [0.2, 0.25) is 5.02 Å². The van der Waals surface area contributed by atoms with E-state index < -0.39 is 47.5 Å². The highest BCUT2D eigenvalue weighted by atomic mass is 35.5. The van der Waals surface area contributed by atoms with Gasteiger partial charge < -0.3 is 9.11 Å². The number of halogens is 4. The summed E-state index contributed by atoms with van der Waals surface area (Å²) in [5.74, 6) is 0. The van der Waals surface area contributed by atoms with Crippen LogP contribution in [0.1, 0.15) is 5.56 Å². The van der Waals surface area contributed by atoms with Crippen LogP contribution < -0.4 is 0 Å². The van der Waals surface area contributed by atoms with Crippen LogP contribution in [0.5, 0.6) is 0 Å². The quantitative estimate of drug-likeness (QED) is 0.378. The second kappa shape index (κ2) is 8.77. The van der Waals surface area contributed by atoms with Crippen LogP contribution in [0.25, 0.3) is 15.7 Å². The van der Waals surface area contributed by atoms with Crippen molar-refractivity contribution in [3.63, 3.8) is 0 Å². The fourth-order valence-corrected chi connectivity index (χ4v) is 4.07. The van der Waals surface area contributed by atoms with Crippen molar-refractivity contribution in [1.29, 1.82) is 5.39 Å². The Morgan fingerprint density at radius 2 is 1.29 bits per heavy atom. The maximum Gasteiger partial charge on any atom is 0.424 e. The lowest BCUT2D eigenvalue weighted by Crippen LogP contribution is -2.04. The summed E-state index contributed by atoms with van der Waals surface area (Å²) in [6, 6.07) is 10.00. The van der Waals surface area contributed by atoms with Crippen LogP contribution in [0.15, 0.2) is 64.4 Å². The number of benzene rings is 3. The molecule has 3 aromatic rings. The highest BCUT2D eigenvalue weighted by molar-refractivity contribution is 7.86. The Balaban J connectivity index is 0.000000233. The molecule has 0 amide bonds. The van der Waals surface area contributed by atoms with E-state index >= 15 is 0 Å². The lowest BCUT2D eigenvalue weighted by atomic mass is 10.1. The molecule has 0 heterocycles. The fourth-order valence-electron chi connectivity index (χ4n) is 2.51. The van der Waals surface area contributed by atoms with E-state index in [0.29, 0.717) is 6.07 Å². The van der Waals surface area contributed by atoms with Gasteiger partial charge in [-0.15, -0.1) is 0 Å². The fraction of sp³-hybridized carbons (Fsp3) is 0.0588. The topological polar surface area (TPSA) is 143 Å². The van der Waals surface area contributed by atoms with Gasteiger partial charge in [0.2, 0.25) is 5.39 Å². The normalized spacial score (nSPS) is 12.0. The molecule has 164 valence electrons. The Morgan fingerprint density at radius 3 is 1.65 bits per heavy atom. The highest BCUT2D eigenvalue weighted by Gasteiger charge is 2.39. The minimum Gasteiger partial charge on any atom is -0.744 e. The van der Waals surface area contributed by atoms with Crippen molar-refractivity contribution in [3.05, 3.63) is 70.2 Å². The van der Waals surface area contributed by atoms with Gasteiger partial charge in [0.25, 0.3) is 0 Å². The first-order valence-corrected chi connectivity index (χ1v) is 11.0. The third-order valence-electron chi connectivity index (χ3n) is 3.75. The molecule has 0 saturated carbocycles. The molecule has 0 radical (unpaired) electrons. The van der Waals surface area contributed by atoms with Crippen LogP contribution in [0, 0.1) is 5.39 Å². The van der Waals surface area contributed by atoms with E-state index in [1.807, 2.05) is 0 Å². The second-order valence-corrected chi connectivity index (χ2v) is 8.91. The Bertz CT molecular complexity index is 1330. The summed E-state index contributed by atoms with van der Waals surface area (Å²) < 4.78 is 103. The molecule has 31 heavy (non-hydrogen) atoms. The molecule has 0 spiro atoms. The molecular weight excluding hydrogens is 485 g/mol. The van der Waals surface area contributed by atoms with Gasteiger partial charge in [-0.3, -0.25) is 0 Å². The molecular formula is C17H9ClF3N2O6S2-. The van der Waals surface area contributed by atoms with Crippen LogP contribution in [-0.2, 0) is 26.4 Å². The molecule has 0 aliphatic heterocycles. The predicted octanol–water partition coefficient (Wildman–Crippen LogP) is 4.49. The summed E-state index contributed by atoms with van der Waals surface area (Å²) in [5.41, 5.74) is -1.60. The van der Waals surface area contributed by atoms with E-state index in [-0.39, 0.29) is 15.8 Å². The minimum atomic E-state index is -4.74. The predicted molar refractivity (Wildman–Crippen MR) is 101 cm³/mol. The SMILES string of the molecule is N#[N+]c1ccc(Cl)cc1C(F)(F)F.O=S(=O)([O-])c1cccc2c(S(=O)(=O)[O-])cccc12. The van der Waals surface area contributed by atoms with Gasteiger partial charge in [0.15, 0.2) is 10.5 Å². The number of hydrogen-bond acceptors (Lipinski definition) is 7. The van der Waals surface area contributed by atoms with Crippen molar-refractivity contribution in [1.82, 2.24) is 0 Å². The zero-order chi connectivity index (χ0) is 23.6. The molecule has 0 saturated heterocycles. The Kier molecular flexibility index (Phi) is 6.94.